The van der Waals surface area contributed by atoms with E-state index in [1.165, 1.54) is 6.07 Å². The fourth-order valence-corrected chi connectivity index (χ4v) is 2.16. The van der Waals surface area contributed by atoms with Gasteiger partial charge in [0.25, 0.3) is 0 Å². The normalized spacial score (nSPS) is 11.1. The van der Waals surface area contributed by atoms with Gasteiger partial charge in [-0.1, -0.05) is 13.8 Å². The summed E-state index contributed by atoms with van der Waals surface area (Å²) in [5.41, 5.74) is 1.01. The van der Waals surface area contributed by atoms with Crippen LogP contribution in [0.3, 0.4) is 0 Å². The monoisotopic (exact) mass is 339 g/mol. The van der Waals surface area contributed by atoms with E-state index >= 15 is 0 Å². The first-order chi connectivity index (χ1) is 9.51. The van der Waals surface area contributed by atoms with E-state index in [0.717, 1.165) is 12.6 Å². The topological polar surface area (TPSA) is 47.8 Å². The van der Waals surface area contributed by atoms with Gasteiger partial charge >= 0.3 is 0 Å². The van der Waals surface area contributed by atoms with E-state index in [1.807, 2.05) is 0 Å². The van der Waals surface area contributed by atoms with Crippen LogP contribution in [0.4, 0.5) is 4.39 Å². The molecule has 2 aromatic heterocycles. The standard InChI is InChI=1S/C14H15BrFN3O/c1-9(2)3-4-19-7-10(8-20)14(18-19)11-5-13(15)17-6-12(11)16/h5-9H,3-4H2,1-2H3. The molecule has 20 heavy (non-hydrogen) atoms. The first kappa shape index (κ1) is 14.8. The van der Waals surface area contributed by atoms with E-state index in [2.05, 4.69) is 39.9 Å². The first-order valence-electron chi connectivity index (χ1n) is 6.35. The Morgan fingerprint density at radius 3 is 2.90 bits per heavy atom. The van der Waals surface area contributed by atoms with Crippen LogP contribution < -0.4 is 0 Å². The van der Waals surface area contributed by atoms with Gasteiger partial charge in [-0.25, -0.2) is 9.37 Å². The molecule has 0 aliphatic rings. The highest BCUT2D eigenvalue weighted by Gasteiger charge is 2.15. The van der Waals surface area contributed by atoms with E-state index < -0.39 is 5.82 Å². The van der Waals surface area contributed by atoms with Gasteiger partial charge in [0.2, 0.25) is 0 Å². The lowest BCUT2D eigenvalue weighted by Crippen LogP contribution is -2.02. The summed E-state index contributed by atoms with van der Waals surface area (Å²) in [6.07, 6.45) is 4.41. The number of carbonyl (C=O) groups is 1. The van der Waals surface area contributed by atoms with Crippen LogP contribution >= 0.6 is 15.9 Å². The van der Waals surface area contributed by atoms with Crippen molar-refractivity contribution in [3.63, 3.8) is 0 Å². The van der Waals surface area contributed by atoms with Gasteiger partial charge in [0.05, 0.1) is 11.8 Å². The minimum atomic E-state index is -0.495. The van der Waals surface area contributed by atoms with Crippen LogP contribution in [0.2, 0.25) is 0 Å². The molecule has 6 heteroatoms. The third-order valence-corrected chi connectivity index (χ3v) is 3.36. The molecule has 0 saturated heterocycles. The van der Waals surface area contributed by atoms with Gasteiger partial charge in [0.15, 0.2) is 12.1 Å². The number of halogens is 2. The van der Waals surface area contributed by atoms with Crippen molar-refractivity contribution in [2.45, 2.75) is 26.8 Å². The highest BCUT2D eigenvalue weighted by molar-refractivity contribution is 9.10. The predicted octanol–water partition coefficient (Wildman–Crippen LogP) is 3.71. The Morgan fingerprint density at radius 1 is 1.50 bits per heavy atom. The lowest BCUT2D eigenvalue weighted by Gasteiger charge is -2.04. The summed E-state index contributed by atoms with van der Waals surface area (Å²) in [4.78, 5) is 15.0. The van der Waals surface area contributed by atoms with Gasteiger partial charge in [0.1, 0.15) is 10.3 Å². The zero-order valence-electron chi connectivity index (χ0n) is 11.3. The number of rotatable bonds is 5. The maximum Gasteiger partial charge on any atom is 0.153 e. The molecule has 0 saturated carbocycles. The SMILES string of the molecule is CC(C)CCn1cc(C=O)c(-c2cc(Br)ncc2F)n1. The first-order valence-corrected chi connectivity index (χ1v) is 7.14. The van der Waals surface area contributed by atoms with Crippen molar-refractivity contribution < 1.29 is 9.18 Å². The van der Waals surface area contributed by atoms with E-state index in [1.54, 1.807) is 10.9 Å². The van der Waals surface area contributed by atoms with Gasteiger partial charge in [-0.3, -0.25) is 9.48 Å². The number of hydrogen-bond donors (Lipinski definition) is 0. The van der Waals surface area contributed by atoms with Crippen LogP contribution in [0.15, 0.2) is 23.1 Å². The lowest BCUT2D eigenvalue weighted by atomic mass is 10.1. The average Bonchev–Trinajstić information content (AvgIpc) is 2.82. The molecular weight excluding hydrogens is 325 g/mol. The number of nitrogens with zero attached hydrogens (tertiary/aromatic N) is 3. The summed E-state index contributed by atoms with van der Waals surface area (Å²) in [6, 6.07) is 1.53. The highest BCUT2D eigenvalue weighted by Crippen LogP contribution is 2.26. The fraction of sp³-hybridized carbons (Fsp3) is 0.357. The molecule has 0 radical (unpaired) electrons. The van der Waals surface area contributed by atoms with Gasteiger partial charge in [-0.05, 0) is 34.3 Å². The van der Waals surface area contributed by atoms with Crippen LogP contribution in [-0.4, -0.2) is 21.1 Å². The molecule has 0 aliphatic carbocycles. The Hall–Kier alpha value is -1.56. The summed E-state index contributed by atoms with van der Waals surface area (Å²) < 4.78 is 16.0. The number of carbonyl (C=O) groups excluding carboxylic acids is 1. The van der Waals surface area contributed by atoms with Crippen molar-refractivity contribution in [1.82, 2.24) is 14.8 Å². The maximum absolute atomic E-state index is 13.8. The summed E-state index contributed by atoms with van der Waals surface area (Å²) in [5.74, 6) is 0.0412. The minimum Gasteiger partial charge on any atom is -0.298 e. The maximum atomic E-state index is 13.8. The van der Waals surface area contributed by atoms with Crippen molar-refractivity contribution in [2.24, 2.45) is 5.92 Å². The molecule has 0 aromatic carbocycles. The quantitative estimate of drug-likeness (QED) is 0.616. The Morgan fingerprint density at radius 2 is 2.25 bits per heavy atom. The minimum absolute atomic E-state index is 0.275. The molecule has 0 N–H and O–H groups in total. The number of hydrogen-bond acceptors (Lipinski definition) is 3. The van der Waals surface area contributed by atoms with Gasteiger partial charge in [-0.2, -0.15) is 5.10 Å². The zero-order chi connectivity index (χ0) is 14.7. The molecule has 4 nitrogen and oxygen atoms in total. The van der Waals surface area contributed by atoms with Crippen molar-refractivity contribution in [1.29, 1.82) is 0 Å². The third-order valence-electron chi connectivity index (χ3n) is 2.93. The Bertz CT molecular complexity index is 625. The number of pyridine rings is 1. The molecule has 2 heterocycles. The van der Waals surface area contributed by atoms with E-state index in [0.29, 0.717) is 34.6 Å². The zero-order valence-corrected chi connectivity index (χ0v) is 12.9. The molecule has 0 amide bonds. The molecule has 106 valence electrons. The molecule has 2 rings (SSSR count). The third kappa shape index (κ3) is 3.30. The van der Waals surface area contributed by atoms with Crippen molar-refractivity contribution in [3.8, 4) is 11.3 Å². The number of aryl methyl sites for hydroxylation is 1. The van der Waals surface area contributed by atoms with Crippen molar-refractivity contribution in [2.75, 3.05) is 0 Å². The van der Waals surface area contributed by atoms with Gasteiger partial charge < -0.3 is 0 Å². The second-order valence-electron chi connectivity index (χ2n) is 4.98. The molecule has 0 unspecified atom stereocenters. The van der Waals surface area contributed by atoms with Gasteiger partial charge in [0, 0.05) is 18.3 Å². The summed E-state index contributed by atoms with van der Waals surface area (Å²) in [5, 5.41) is 4.32. The van der Waals surface area contributed by atoms with E-state index in [4.69, 9.17) is 0 Å². The summed E-state index contributed by atoms with van der Waals surface area (Å²) in [7, 11) is 0. The second-order valence-corrected chi connectivity index (χ2v) is 5.80. The highest BCUT2D eigenvalue weighted by atomic mass is 79.9. The van der Waals surface area contributed by atoms with Crippen LogP contribution in [0.5, 0.6) is 0 Å². The van der Waals surface area contributed by atoms with Crippen LogP contribution in [0, 0.1) is 11.7 Å². The molecule has 0 spiro atoms. The van der Waals surface area contributed by atoms with Crippen LogP contribution in [0.25, 0.3) is 11.3 Å². The molecule has 2 aromatic rings. The molecular formula is C14H15BrFN3O. The Balaban J connectivity index is 2.40. The van der Waals surface area contributed by atoms with E-state index in [9.17, 15) is 9.18 Å². The lowest BCUT2D eigenvalue weighted by molar-refractivity contribution is 0.112. The molecule has 0 fully saturated rings. The average molecular weight is 340 g/mol. The van der Waals surface area contributed by atoms with Crippen LogP contribution in [0.1, 0.15) is 30.6 Å². The number of aromatic nitrogens is 3. The Kier molecular flexibility index (Phi) is 4.65. The second kappa shape index (κ2) is 6.26. The van der Waals surface area contributed by atoms with Crippen molar-refractivity contribution >= 4 is 22.2 Å². The van der Waals surface area contributed by atoms with Crippen LogP contribution in [-0.2, 0) is 6.54 Å². The Labute approximate surface area is 125 Å². The predicted molar refractivity (Wildman–Crippen MR) is 78.0 cm³/mol. The fourth-order valence-electron chi connectivity index (χ4n) is 1.83. The largest absolute Gasteiger partial charge is 0.298 e. The van der Waals surface area contributed by atoms with E-state index in [-0.39, 0.29) is 5.56 Å². The molecule has 0 aliphatic heterocycles. The smallest absolute Gasteiger partial charge is 0.153 e. The van der Waals surface area contributed by atoms with Crippen molar-refractivity contribution in [3.05, 3.63) is 34.4 Å². The van der Waals surface area contributed by atoms with Gasteiger partial charge in [-0.15, -0.1) is 0 Å². The number of aldehydes is 1. The molecule has 0 bridgehead atoms. The molecule has 0 atom stereocenters. The summed E-state index contributed by atoms with van der Waals surface area (Å²) >= 11 is 3.20. The summed E-state index contributed by atoms with van der Waals surface area (Å²) in [6.45, 7) is 4.93.